The lowest BCUT2D eigenvalue weighted by atomic mass is 10.1. The zero-order valence-electron chi connectivity index (χ0n) is 16.8. The number of aryl methyl sites for hydroxylation is 2. The first-order valence-corrected chi connectivity index (χ1v) is 8.61. The molecule has 0 saturated carbocycles. The number of alkyl carbamates (subject to hydrolysis) is 1. The van der Waals surface area contributed by atoms with E-state index in [0.29, 0.717) is 12.5 Å². The van der Waals surface area contributed by atoms with Crippen molar-refractivity contribution >= 4 is 41.7 Å². The first kappa shape index (κ1) is 24.5. The van der Waals surface area contributed by atoms with Gasteiger partial charge in [0.1, 0.15) is 5.60 Å². The summed E-state index contributed by atoms with van der Waals surface area (Å²) >= 11 is 0. The number of guanidine groups is 1. The van der Waals surface area contributed by atoms with E-state index in [0.717, 1.165) is 5.69 Å². The number of carbonyl (C=O) groups excluding carboxylic acids is 1. The number of nitrogens with one attached hydrogen (secondary N) is 2. The number of benzene rings is 1. The highest BCUT2D eigenvalue weighted by atomic mass is 127. The van der Waals surface area contributed by atoms with Crippen LogP contribution in [0.1, 0.15) is 45.7 Å². The van der Waals surface area contributed by atoms with Gasteiger partial charge in [0, 0.05) is 5.69 Å². The van der Waals surface area contributed by atoms with Crippen molar-refractivity contribution in [2.45, 2.75) is 60.1 Å². The molecule has 26 heavy (non-hydrogen) atoms. The first-order valence-electron chi connectivity index (χ1n) is 8.61. The molecule has 1 unspecified atom stereocenters. The molecule has 148 valence electrons. The fourth-order valence-electron chi connectivity index (χ4n) is 2.09. The maximum atomic E-state index is 11.9. The van der Waals surface area contributed by atoms with Gasteiger partial charge in [-0.25, -0.2) is 4.79 Å². The Hall–Kier alpha value is -1.51. The highest BCUT2D eigenvalue weighted by Crippen LogP contribution is 2.14. The topological polar surface area (TPSA) is 88.7 Å². The minimum absolute atomic E-state index is 0. The number of rotatable bonds is 5. The first-order chi connectivity index (χ1) is 11.5. The molecule has 0 aliphatic heterocycles. The molecule has 0 spiro atoms. The zero-order chi connectivity index (χ0) is 19.2. The molecule has 1 aromatic rings. The quantitative estimate of drug-likeness (QED) is 0.338. The predicted octanol–water partition coefficient (Wildman–Crippen LogP) is 4.20. The summed E-state index contributed by atoms with van der Waals surface area (Å²) in [6.07, 6.45) is -0.443. The summed E-state index contributed by atoms with van der Waals surface area (Å²) in [5, 5.41) is 5.94. The number of nitrogens with two attached hydrogens (primary N) is 1. The van der Waals surface area contributed by atoms with Crippen LogP contribution in [0.2, 0.25) is 0 Å². The van der Waals surface area contributed by atoms with Gasteiger partial charge in [0.15, 0.2) is 5.96 Å². The van der Waals surface area contributed by atoms with Crippen LogP contribution in [-0.2, 0) is 4.74 Å². The second kappa shape index (κ2) is 10.6. The van der Waals surface area contributed by atoms with Crippen LogP contribution in [-0.4, -0.2) is 30.2 Å². The Morgan fingerprint density at radius 1 is 1.23 bits per heavy atom. The Morgan fingerprint density at radius 3 is 2.35 bits per heavy atom. The molecule has 0 aromatic heterocycles. The Kier molecular flexibility index (Phi) is 9.98. The van der Waals surface area contributed by atoms with Crippen LogP contribution in [0.5, 0.6) is 0 Å². The van der Waals surface area contributed by atoms with E-state index in [2.05, 4.69) is 22.5 Å². The van der Waals surface area contributed by atoms with Gasteiger partial charge in [-0.1, -0.05) is 19.9 Å². The number of aliphatic imine (C=N–C) groups is 1. The average molecular weight is 476 g/mol. The van der Waals surface area contributed by atoms with Gasteiger partial charge < -0.3 is 21.1 Å². The molecular formula is C19H33IN4O2. The second-order valence-electron chi connectivity index (χ2n) is 7.65. The highest BCUT2D eigenvalue weighted by Gasteiger charge is 2.21. The third-order valence-corrected chi connectivity index (χ3v) is 3.74. The summed E-state index contributed by atoms with van der Waals surface area (Å²) < 4.78 is 5.30. The van der Waals surface area contributed by atoms with Gasteiger partial charge in [0.2, 0.25) is 0 Å². The van der Waals surface area contributed by atoms with E-state index < -0.39 is 11.7 Å². The lowest BCUT2D eigenvalue weighted by Gasteiger charge is -2.25. The number of nitrogens with zero attached hydrogens (tertiary/aromatic N) is 1. The molecule has 4 N–H and O–H groups in total. The van der Waals surface area contributed by atoms with Gasteiger partial charge in [-0.15, -0.1) is 24.0 Å². The normalized spacial score (nSPS) is 13.0. The average Bonchev–Trinajstić information content (AvgIpc) is 2.45. The molecule has 1 atom stereocenters. The van der Waals surface area contributed by atoms with Crippen molar-refractivity contribution in [2.75, 3.05) is 11.9 Å². The zero-order valence-corrected chi connectivity index (χ0v) is 19.2. The van der Waals surface area contributed by atoms with Gasteiger partial charge in [0.25, 0.3) is 0 Å². The van der Waals surface area contributed by atoms with E-state index in [1.807, 2.05) is 59.7 Å². The number of anilines is 1. The van der Waals surface area contributed by atoms with Crippen LogP contribution in [0, 0.1) is 19.8 Å². The molecule has 0 heterocycles. The van der Waals surface area contributed by atoms with E-state index >= 15 is 0 Å². The van der Waals surface area contributed by atoms with E-state index in [4.69, 9.17) is 10.5 Å². The Bertz CT molecular complexity index is 624. The van der Waals surface area contributed by atoms with Crippen LogP contribution in [0.3, 0.4) is 0 Å². The van der Waals surface area contributed by atoms with Gasteiger partial charge in [-0.2, -0.15) is 0 Å². The van der Waals surface area contributed by atoms with E-state index in [1.54, 1.807) is 0 Å². The molecule has 0 aliphatic carbocycles. The molecule has 0 saturated heterocycles. The summed E-state index contributed by atoms with van der Waals surface area (Å²) in [7, 11) is 0. The highest BCUT2D eigenvalue weighted by molar-refractivity contribution is 14.0. The molecule has 6 nitrogen and oxygen atoms in total. The summed E-state index contributed by atoms with van der Waals surface area (Å²) in [4.78, 5) is 16.3. The number of amides is 1. The fraction of sp³-hybridized carbons (Fsp3) is 0.579. The smallest absolute Gasteiger partial charge is 0.407 e. The Labute approximate surface area is 174 Å². The Balaban J connectivity index is 0.00000625. The van der Waals surface area contributed by atoms with Gasteiger partial charge in [0.05, 0.1) is 12.6 Å². The van der Waals surface area contributed by atoms with Crippen LogP contribution in [0.4, 0.5) is 10.5 Å². The van der Waals surface area contributed by atoms with Gasteiger partial charge >= 0.3 is 6.09 Å². The van der Waals surface area contributed by atoms with E-state index in [1.165, 1.54) is 11.1 Å². The number of halogens is 1. The van der Waals surface area contributed by atoms with Gasteiger partial charge in [-0.05, 0) is 63.8 Å². The van der Waals surface area contributed by atoms with Crippen LogP contribution >= 0.6 is 24.0 Å². The molecular weight excluding hydrogens is 443 g/mol. The van der Waals surface area contributed by atoms with Crippen molar-refractivity contribution in [3.8, 4) is 0 Å². The SMILES string of the molecule is Cc1ccc(NC(N)=NCC(NC(=O)OC(C)(C)C)C(C)C)cc1C.I. The van der Waals surface area contributed by atoms with Crippen LogP contribution in [0.15, 0.2) is 23.2 Å². The molecule has 7 heteroatoms. The van der Waals surface area contributed by atoms with Crippen molar-refractivity contribution in [1.29, 1.82) is 0 Å². The van der Waals surface area contributed by atoms with Crippen LogP contribution in [0.25, 0.3) is 0 Å². The minimum Gasteiger partial charge on any atom is -0.444 e. The molecule has 0 fully saturated rings. The monoisotopic (exact) mass is 476 g/mol. The summed E-state index contributed by atoms with van der Waals surface area (Å²) in [5.41, 5.74) is 8.74. The number of hydrogen-bond acceptors (Lipinski definition) is 3. The van der Waals surface area contributed by atoms with Crippen molar-refractivity contribution in [2.24, 2.45) is 16.6 Å². The molecule has 0 bridgehead atoms. The predicted molar refractivity (Wildman–Crippen MR) is 119 cm³/mol. The van der Waals surface area contributed by atoms with Crippen molar-refractivity contribution in [3.05, 3.63) is 29.3 Å². The number of ether oxygens (including phenoxy) is 1. The lowest BCUT2D eigenvalue weighted by molar-refractivity contribution is 0.0493. The lowest BCUT2D eigenvalue weighted by Crippen LogP contribution is -2.44. The molecule has 0 aliphatic rings. The second-order valence-corrected chi connectivity index (χ2v) is 7.65. The fourth-order valence-corrected chi connectivity index (χ4v) is 2.09. The number of carbonyl (C=O) groups is 1. The third kappa shape index (κ3) is 9.26. The molecule has 1 rings (SSSR count). The minimum atomic E-state index is -0.529. The van der Waals surface area contributed by atoms with Crippen molar-refractivity contribution < 1.29 is 9.53 Å². The summed E-state index contributed by atoms with van der Waals surface area (Å²) in [5.74, 6) is 0.519. The van der Waals surface area contributed by atoms with Crippen molar-refractivity contribution in [1.82, 2.24) is 5.32 Å². The van der Waals surface area contributed by atoms with Crippen LogP contribution < -0.4 is 16.4 Å². The Morgan fingerprint density at radius 2 is 1.85 bits per heavy atom. The van der Waals surface area contributed by atoms with E-state index in [-0.39, 0.29) is 35.9 Å². The standard InChI is InChI=1S/C19H32N4O2.HI/c1-12(2)16(23-18(24)25-19(5,6)7)11-21-17(20)22-15-9-8-13(3)14(4)10-15;/h8-10,12,16H,11H2,1-7H3,(H,23,24)(H3,20,21,22);1H. The molecule has 1 amide bonds. The maximum absolute atomic E-state index is 11.9. The van der Waals surface area contributed by atoms with E-state index in [9.17, 15) is 4.79 Å². The number of hydrogen-bond donors (Lipinski definition) is 3. The van der Waals surface area contributed by atoms with Gasteiger partial charge in [-0.3, -0.25) is 4.99 Å². The summed E-state index contributed by atoms with van der Waals surface area (Å²) in [6, 6.07) is 5.86. The summed E-state index contributed by atoms with van der Waals surface area (Å²) in [6.45, 7) is 14.0. The third-order valence-electron chi connectivity index (χ3n) is 3.74. The largest absolute Gasteiger partial charge is 0.444 e. The molecule has 1 aromatic carbocycles. The maximum Gasteiger partial charge on any atom is 0.407 e. The van der Waals surface area contributed by atoms with Crippen molar-refractivity contribution in [3.63, 3.8) is 0 Å². The molecule has 0 radical (unpaired) electrons.